The average Bonchev–Trinajstić information content (AvgIpc) is 2.78. The van der Waals surface area contributed by atoms with Gasteiger partial charge in [0.15, 0.2) is 5.54 Å². The molecule has 19 heavy (non-hydrogen) atoms. The number of nitrogens with zero attached hydrogens (tertiary/aromatic N) is 1. The highest BCUT2D eigenvalue weighted by Gasteiger charge is 2.35. The predicted octanol–water partition coefficient (Wildman–Crippen LogP) is 1.32. The summed E-state index contributed by atoms with van der Waals surface area (Å²) in [7, 11) is 1.39. The fourth-order valence-electron chi connectivity index (χ4n) is 1.50. The number of nitrogens with one attached hydrogen (secondary N) is 1. The first-order valence-electron chi connectivity index (χ1n) is 5.92. The topological polar surface area (TPSA) is 88.5 Å². The van der Waals surface area contributed by atoms with Gasteiger partial charge in [-0.2, -0.15) is 0 Å². The third-order valence-electron chi connectivity index (χ3n) is 2.54. The molecule has 0 aliphatic heterocycles. The van der Waals surface area contributed by atoms with Crippen LogP contribution in [0.2, 0.25) is 0 Å². The Morgan fingerprint density at radius 3 is 2.79 bits per heavy atom. The van der Waals surface area contributed by atoms with Crippen molar-refractivity contribution in [3.63, 3.8) is 0 Å². The van der Waals surface area contributed by atoms with Crippen molar-refractivity contribution in [1.29, 1.82) is 0 Å². The Balaban J connectivity index is 2.78. The molecule has 1 aromatic heterocycles. The standard InChI is InChI=1S/C12H18N2O4S/c1-4-5-9-13-6-8(19-9)10(15)14-12(2,7-18-3)11(16)17/h6H,4-5,7H2,1-3H3,(H,14,15)(H,16,17). The molecule has 7 heteroatoms. The third kappa shape index (κ3) is 4.00. The largest absolute Gasteiger partial charge is 0.479 e. The summed E-state index contributed by atoms with van der Waals surface area (Å²) in [4.78, 5) is 27.7. The lowest BCUT2D eigenvalue weighted by Crippen LogP contribution is -2.55. The maximum absolute atomic E-state index is 12.0. The average molecular weight is 286 g/mol. The summed E-state index contributed by atoms with van der Waals surface area (Å²) in [6, 6.07) is 0. The number of hydrogen-bond acceptors (Lipinski definition) is 5. The number of methoxy groups -OCH3 is 1. The van der Waals surface area contributed by atoms with Crippen LogP contribution in [0.25, 0.3) is 0 Å². The molecule has 106 valence electrons. The summed E-state index contributed by atoms with van der Waals surface area (Å²) in [6.07, 6.45) is 3.23. The van der Waals surface area contributed by atoms with E-state index >= 15 is 0 Å². The Kier molecular flexibility index (Phi) is 5.44. The molecule has 0 radical (unpaired) electrons. The summed E-state index contributed by atoms with van der Waals surface area (Å²) < 4.78 is 4.84. The van der Waals surface area contributed by atoms with E-state index in [1.54, 1.807) is 0 Å². The van der Waals surface area contributed by atoms with E-state index in [1.807, 2.05) is 6.92 Å². The van der Waals surface area contributed by atoms with E-state index in [2.05, 4.69) is 10.3 Å². The molecule has 0 fully saturated rings. The quantitative estimate of drug-likeness (QED) is 0.789. The molecule has 1 aromatic rings. The van der Waals surface area contributed by atoms with Crippen molar-refractivity contribution in [2.24, 2.45) is 0 Å². The monoisotopic (exact) mass is 286 g/mol. The lowest BCUT2D eigenvalue weighted by molar-refractivity contribution is -0.145. The number of carboxylic acid groups (broad SMARTS) is 1. The Morgan fingerprint density at radius 2 is 2.26 bits per heavy atom. The summed E-state index contributed by atoms with van der Waals surface area (Å²) in [5.41, 5.74) is -1.44. The summed E-state index contributed by atoms with van der Waals surface area (Å²) in [5, 5.41) is 12.5. The van der Waals surface area contributed by atoms with Gasteiger partial charge in [0.2, 0.25) is 0 Å². The molecule has 6 nitrogen and oxygen atoms in total. The number of rotatable bonds is 7. The van der Waals surface area contributed by atoms with Gasteiger partial charge in [-0.05, 0) is 19.8 Å². The Bertz CT molecular complexity index is 460. The number of aryl methyl sites for hydroxylation is 1. The number of hydrogen-bond donors (Lipinski definition) is 2. The first kappa shape index (κ1) is 15.6. The van der Waals surface area contributed by atoms with Crippen molar-refractivity contribution in [2.45, 2.75) is 32.2 Å². The van der Waals surface area contributed by atoms with E-state index in [-0.39, 0.29) is 6.61 Å². The van der Waals surface area contributed by atoms with Gasteiger partial charge in [0.25, 0.3) is 5.91 Å². The van der Waals surface area contributed by atoms with Crippen LogP contribution in [0.15, 0.2) is 6.20 Å². The molecule has 0 spiro atoms. The fourth-order valence-corrected chi connectivity index (χ4v) is 2.41. The van der Waals surface area contributed by atoms with Gasteiger partial charge >= 0.3 is 5.97 Å². The normalized spacial score (nSPS) is 13.8. The number of carbonyl (C=O) groups excluding carboxylic acids is 1. The maximum atomic E-state index is 12.0. The Morgan fingerprint density at radius 1 is 1.58 bits per heavy atom. The molecule has 1 amide bonds. The summed E-state index contributed by atoms with van der Waals surface area (Å²) in [6.45, 7) is 3.33. The number of aromatic nitrogens is 1. The summed E-state index contributed by atoms with van der Waals surface area (Å²) >= 11 is 1.28. The third-order valence-corrected chi connectivity index (χ3v) is 3.59. The minimum atomic E-state index is -1.44. The molecule has 0 aromatic carbocycles. The Labute approximate surface area is 115 Å². The number of amides is 1. The number of ether oxygens (including phenoxy) is 1. The second kappa shape index (κ2) is 6.63. The minimum Gasteiger partial charge on any atom is -0.479 e. The van der Waals surface area contributed by atoms with Gasteiger partial charge < -0.3 is 15.2 Å². The molecule has 0 saturated carbocycles. The van der Waals surface area contributed by atoms with Crippen LogP contribution in [-0.2, 0) is 16.0 Å². The molecule has 1 rings (SSSR count). The highest BCUT2D eigenvalue weighted by atomic mass is 32.1. The highest BCUT2D eigenvalue weighted by molar-refractivity contribution is 7.13. The van der Waals surface area contributed by atoms with Gasteiger partial charge in [0, 0.05) is 7.11 Å². The van der Waals surface area contributed by atoms with Crippen molar-refractivity contribution >= 4 is 23.2 Å². The van der Waals surface area contributed by atoms with E-state index in [1.165, 1.54) is 31.6 Å². The molecular weight excluding hydrogens is 268 g/mol. The number of carbonyl (C=O) groups is 2. The zero-order valence-electron chi connectivity index (χ0n) is 11.2. The highest BCUT2D eigenvalue weighted by Crippen LogP contribution is 2.16. The van der Waals surface area contributed by atoms with E-state index in [4.69, 9.17) is 9.84 Å². The van der Waals surface area contributed by atoms with E-state index in [0.717, 1.165) is 17.8 Å². The molecule has 0 aliphatic carbocycles. The first-order valence-corrected chi connectivity index (χ1v) is 6.74. The molecule has 0 saturated heterocycles. The SMILES string of the molecule is CCCc1ncc(C(=O)NC(C)(COC)C(=O)O)s1. The van der Waals surface area contributed by atoms with Crippen molar-refractivity contribution in [2.75, 3.05) is 13.7 Å². The second-order valence-electron chi connectivity index (χ2n) is 4.39. The van der Waals surface area contributed by atoms with Crippen LogP contribution in [0, 0.1) is 0 Å². The second-order valence-corrected chi connectivity index (χ2v) is 5.51. The number of carboxylic acids is 1. The van der Waals surface area contributed by atoms with Crippen LogP contribution < -0.4 is 5.32 Å². The zero-order valence-corrected chi connectivity index (χ0v) is 12.0. The zero-order chi connectivity index (χ0) is 14.5. The molecule has 1 unspecified atom stereocenters. The van der Waals surface area contributed by atoms with Crippen molar-refractivity contribution in [3.05, 3.63) is 16.1 Å². The lowest BCUT2D eigenvalue weighted by atomic mass is 10.0. The van der Waals surface area contributed by atoms with Crippen LogP contribution in [0.4, 0.5) is 0 Å². The fraction of sp³-hybridized carbons (Fsp3) is 0.583. The van der Waals surface area contributed by atoms with Gasteiger partial charge in [-0.3, -0.25) is 4.79 Å². The molecule has 1 heterocycles. The lowest BCUT2D eigenvalue weighted by Gasteiger charge is -2.24. The molecule has 0 aliphatic rings. The van der Waals surface area contributed by atoms with Crippen molar-refractivity contribution in [1.82, 2.24) is 10.3 Å². The maximum Gasteiger partial charge on any atom is 0.331 e. The van der Waals surface area contributed by atoms with Crippen molar-refractivity contribution in [3.8, 4) is 0 Å². The molecular formula is C12H18N2O4S. The first-order chi connectivity index (χ1) is 8.92. The van der Waals surface area contributed by atoms with Gasteiger partial charge in [0.1, 0.15) is 4.88 Å². The van der Waals surface area contributed by atoms with E-state index in [9.17, 15) is 9.59 Å². The van der Waals surface area contributed by atoms with Crippen LogP contribution in [0.3, 0.4) is 0 Å². The van der Waals surface area contributed by atoms with Gasteiger partial charge in [0.05, 0.1) is 17.8 Å². The van der Waals surface area contributed by atoms with Crippen molar-refractivity contribution < 1.29 is 19.4 Å². The van der Waals surface area contributed by atoms with E-state index in [0.29, 0.717) is 4.88 Å². The number of aliphatic carboxylic acids is 1. The smallest absolute Gasteiger partial charge is 0.331 e. The van der Waals surface area contributed by atoms with Crippen LogP contribution in [-0.4, -0.2) is 41.2 Å². The van der Waals surface area contributed by atoms with Gasteiger partial charge in [-0.15, -0.1) is 11.3 Å². The minimum absolute atomic E-state index is 0.102. The van der Waals surface area contributed by atoms with Gasteiger partial charge in [-0.1, -0.05) is 6.92 Å². The molecule has 1 atom stereocenters. The molecule has 0 bridgehead atoms. The number of thiazole rings is 1. The van der Waals surface area contributed by atoms with E-state index < -0.39 is 17.4 Å². The van der Waals surface area contributed by atoms with Crippen LogP contribution in [0.1, 0.15) is 34.9 Å². The van der Waals surface area contributed by atoms with Crippen LogP contribution in [0.5, 0.6) is 0 Å². The summed E-state index contributed by atoms with van der Waals surface area (Å²) in [5.74, 6) is -1.58. The van der Waals surface area contributed by atoms with Gasteiger partial charge in [-0.25, -0.2) is 9.78 Å². The Hall–Kier alpha value is -1.47. The molecule has 2 N–H and O–H groups in total. The van der Waals surface area contributed by atoms with Crippen LogP contribution >= 0.6 is 11.3 Å². The predicted molar refractivity (Wildman–Crippen MR) is 71.5 cm³/mol.